The van der Waals surface area contributed by atoms with Crippen molar-refractivity contribution in [2.45, 2.75) is 211 Å². The van der Waals surface area contributed by atoms with E-state index in [9.17, 15) is 44.1 Å². The third-order valence-electron chi connectivity index (χ3n) is 18.0. The normalized spacial score (nSPS) is 35.5. The number of pyridine rings is 1. The topological polar surface area (TPSA) is 300 Å². The van der Waals surface area contributed by atoms with Crippen LogP contribution in [-0.4, -0.2) is 224 Å². The summed E-state index contributed by atoms with van der Waals surface area (Å²) in [6, 6.07) is 1.82. The first-order valence-corrected chi connectivity index (χ1v) is 30.4. The number of carboxylic acids is 1. The summed E-state index contributed by atoms with van der Waals surface area (Å²) in [5, 5.41) is 39.7. The van der Waals surface area contributed by atoms with Gasteiger partial charge in [-0.3, -0.25) is 24.1 Å². The molecule has 1 aromatic heterocycles. The Morgan fingerprint density at radius 3 is 2.25 bits per heavy atom. The second kappa shape index (κ2) is 29.2. The molecular weight excluding hydrogens is 1140 g/mol. The molecule has 18 atom stereocenters. The number of aromatic carboxylic acids is 1. The van der Waals surface area contributed by atoms with E-state index in [1.54, 1.807) is 46.1 Å². The van der Waals surface area contributed by atoms with Gasteiger partial charge in [-0.25, -0.2) is 14.0 Å². The number of cyclic esters (lactones) is 1. The van der Waals surface area contributed by atoms with E-state index in [-0.39, 0.29) is 93.8 Å². The molecule has 1 unspecified atom stereocenters. The zero-order chi connectivity index (χ0) is 64.0. The van der Waals surface area contributed by atoms with E-state index in [0.29, 0.717) is 18.5 Å². The molecule has 0 spiro atoms. The molecular formula is C61H94FN5O20. The minimum atomic E-state index is -1.66. The Morgan fingerprint density at radius 1 is 0.920 bits per heavy atom. The Kier molecular flexibility index (Phi) is 23.3. The van der Waals surface area contributed by atoms with Crippen molar-refractivity contribution in [2.75, 3.05) is 79.6 Å². The fourth-order valence-electron chi connectivity index (χ4n) is 13.1. The number of ether oxygens (including phenoxy) is 11. The molecule has 7 rings (SSSR count). The smallest absolute Gasteiger partial charge is 0.477 e. The second-order valence-corrected chi connectivity index (χ2v) is 25.4. The maximum absolute atomic E-state index is 15.1. The molecule has 1 aliphatic carbocycles. The molecule has 1 amide bonds. The molecule has 25 nitrogen and oxygen atoms in total. The molecule has 490 valence electrons. The number of carboxylic acid groups (broad SMARTS) is 1. The van der Waals surface area contributed by atoms with Crippen molar-refractivity contribution in [3.05, 3.63) is 39.9 Å². The van der Waals surface area contributed by atoms with Gasteiger partial charge in [-0.2, -0.15) is 0 Å². The lowest BCUT2D eigenvalue weighted by Crippen LogP contribution is -2.61. The molecule has 4 aliphatic heterocycles. The number of benzene rings is 1. The molecule has 5 heterocycles. The summed E-state index contributed by atoms with van der Waals surface area (Å²) >= 11 is 0. The summed E-state index contributed by atoms with van der Waals surface area (Å²) in [5.41, 5.74) is -4.90. The van der Waals surface area contributed by atoms with E-state index in [0.717, 1.165) is 18.9 Å². The predicted molar refractivity (Wildman–Crippen MR) is 312 cm³/mol. The fourth-order valence-corrected chi connectivity index (χ4v) is 13.1. The van der Waals surface area contributed by atoms with E-state index in [1.165, 1.54) is 19.4 Å². The van der Waals surface area contributed by atoms with Crippen LogP contribution >= 0.6 is 0 Å². The van der Waals surface area contributed by atoms with Crippen molar-refractivity contribution >= 4 is 46.6 Å². The molecule has 26 heteroatoms. The van der Waals surface area contributed by atoms with Gasteiger partial charge in [-0.15, -0.1) is 0 Å². The molecule has 5 aliphatic rings. The summed E-state index contributed by atoms with van der Waals surface area (Å²) in [6.07, 6.45) is -6.90. The number of amides is 1. The number of likely N-dealkylation sites (N-methyl/N-ethyl adjacent to an activating group) is 2. The Hall–Kier alpha value is -5.13. The summed E-state index contributed by atoms with van der Waals surface area (Å²) in [6.45, 7) is 18.4. The summed E-state index contributed by atoms with van der Waals surface area (Å²) in [5.74, 6) is -6.23. The molecule has 1 saturated carbocycles. The van der Waals surface area contributed by atoms with Crippen LogP contribution in [0.5, 0.6) is 0 Å². The van der Waals surface area contributed by atoms with Gasteiger partial charge in [0.25, 0.3) is 0 Å². The molecule has 4 saturated heterocycles. The minimum Gasteiger partial charge on any atom is -0.477 e. The Labute approximate surface area is 508 Å². The van der Waals surface area contributed by atoms with Crippen LogP contribution in [0.15, 0.2) is 23.1 Å². The quantitative estimate of drug-likeness (QED) is 0.0602. The van der Waals surface area contributed by atoms with Crippen LogP contribution in [0.3, 0.4) is 0 Å². The van der Waals surface area contributed by atoms with E-state index in [2.05, 4.69) is 10.6 Å². The number of anilines is 1. The third kappa shape index (κ3) is 16.5. The van der Waals surface area contributed by atoms with Gasteiger partial charge in [0, 0.05) is 68.7 Å². The van der Waals surface area contributed by atoms with E-state index >= 15 is 4.39 Å². The van der Waals surface area contributed by atoms with Gasteiger partial charge in [0.15, 0.2) is 30.4 Å². The monoisotopic (exact) mass is 1240 g/mol. The molecule has 0 radical (unpaired) electrons. The number of aliphatic hydroxyl groups excluding tert-OH is 1. The van der Waals surface area contributed by atoms with Crippen molar-refractivity contribution in [1.82, 2.24) is 19.7 Å². The molecule has 2 aromatic rings. The highest BCUT2D eigenvalue weighted by molar-refractivity contribution is 5.93. The maximum Gasteiger partial charge on any atom is 0.509 e. The summed E-state index contributed by atoms with van der Waals surface area (Å²) in [4.78, 5) is 82.4. The first kappa shape index (κ1) is 69.3. The number of carbonyl (C=O) groups excluding carboxylic acids is 4. The highest BCUT2D eigenvalue weighted by Crippen LogP contribution is 2.43. The van der Waals surface area contributed by atoms with Crippen LogP contribution < -0.4 is 16.1 Å². The van der Waals surface area contributed by atoms with Crippen LogP contribution in [-0.2, 0) is 66.5 Å². The fraction of sp³-hybridized carbons (Fsp3) is 0.770. The summed E-state index contributed by atoms with van der Waals surface area (Å²) in [7, 11) is 7.06. The third-order valence-corrected chi connectivity index (χ3v) is 18.0. The lowest BCUT2D eigenvalue weighted by molar-refractivity contribution is -0.318. The van der Waals surface area contributed by atoms with Crippen molar-refractivity contribution in [3.63, 3.8) is 0 Å². The second-order valence-electron chi connectivity index (χ2n) is 25.4. The van der Waals surface area contributed by atoms with Gasteiger partial charge in [0.05, 0.1) is 73.6 Å². The van der Waals surface area contributed by atoms with Gasteiger partial charge in [-0.1, -0.05) is 20.8 Å². The van der Waals surface area contributed by atoms with E-state index in [4.69, 9.17) is 52.1 Å². The average molecular weight is 1240 g/mol. The average Bonchev–Trinajstić information content (AvgIpc) is 1.96. The number of nitrogens with one attached hydrogen (secondary N) is 2. The standard InChI is InChI=1S/C61H94FN5O20/c1-15-45-61(10)53(86-58(75)87-61)36(6)66(13)30-32(2)27-59(8,76)52(85-57-50(71)44(65(11)12)24-33(3)80-57)34(4)51(35(5)56(74)82-45)84-48-28-60(9,77-14)54(37(7)81-48)83-47(69)29-64-46(68)18-20-78-22-23-79-21-19-63-42-26-43-39(25-41(42)62)49(70)40(55(72)73)31-67(43)38-16-17-38/h25-26,31-38,44-45,48,50-54,57,63,71,76H,15-24,27-30H2,1-14H3,(H,64,68)(H,72,73)/t32-,33-,34+,35-,36-,37+,44+,45-,48?,50-,51+,52-,53+,54+,57+,59-,60-,61-/m1/s1. The van der Waals surface area contributed by atoms with Crippen molar-refractivity contribution in [1.29, 1.82) is 0 Å². The number of hydrogen-bond acceptors (Lipinski definition) is 22. The number of hydrogen-bond donors (Lipinski definition) is 5. The first-order chi connectivity index (χ1) is 40.9. The number of halogens is 1. The number of nitrogens with zero attached hydrogens (tertiary/aromatic N) is 3. The molecule has 0 bridgehead atoms. The lowest BCUT2D eigenvalue weighted by Gasteiger charge is -2.49. The van der Waals surface area contributed by atoms with Crippen molar-refractivity contribution < 1.29 is 95.8 Å². The van der Waals surface area contributed by atoms with Crippen LogP contribution in [0, 0.1) is 23.6 Å². The van der Waals surface area contributed by atoms with Gasteiger partial charge >= 0.3 is 24.1 Å². The Morgan fingerprint density at radius 2 is 1.61 bits per heavy atom. The lowest BCUT2D eigenvalue weighted by atomic mass is 9.77. The number of aromatic nitrogens is 1. The number of esters is 2. The highest BCUT2D eigenvalue weighted by atomic mass is 19.1. The van der Waals surface area contributed by atoms with Gasteiger partial charge in [-0.05, 0) is 120 Å². The molecule has 5 fully saturated rings. The van der Waals surface area contributed by atoms with Gasteiger partial charge < -0.3 is 87.5 Å². The molecule has 1 aromatic carbocycles. The minimum absolute atomic E-state index is 0.00653. The number of carbonyl (C=O) groups is 5. The number of methoxy groups -OCH3 is 1. The van der Waals surface area contributed by atoms with Crippen molar-refractivity contribution in [3.8, 4) is 0 Å². The first-order valence-electron chi connectivity index (χ1n) is 30.4. The number of rotatable bonds is 22. The summed E-state index contributed by atoms with van der Waals surface area (Å²) < 4.78 is 84.6. The van der Waals surface area contributed by atoms with Crippen LogP contribution in [0.4, 0.5) is 14.9 Å². The largest absolute Gasteiger partial charge is 0.509 e. The van der Waals surface area contributed by atoms with E-state index < -0.39 is 143 Å². The zero-order valence-corrected chi connectivity index (χ0v) is 52.9. The van der Waals surface area contributed by atoms with Crippen LogP contribution in [0.1, 0.15) is 131 Å². The number of aliphatic hydroxyl groups is 2. The Balaban J connectivity index is 0.960. The maximum atomic E-state index is 15.1. The number of fused-ring (bicyclic) bond motifs is 2. The van der Waals surface area contributed by atoms with Gasteiger partial charge in [0.1, 0.15) is 35.7 Å². The zero-order valence-electron chi connectivity index (χ0n) is 52.9. The van der Waals surface area contributed by atoms with Crippen molar-refractivity contribution in [2.24, 2.45) is 17.8 Å². The van der Waals surface area contributed by atoms with Crippen LogP contribution in [0.2, 0.25) is 0 Å². The molecule has 5 N–H and O–H groups in total. The van der Waals surface area contributed by atoms with Gasteiger partial charge in [0.2, 0.25) is 11.3 Å². The Bertz CT molecular complexity index is 2790. The SMILES string of the molecule is CC[C@H]1OC(=O)[C@H](C)[C@@H](OC2C[C@@](C)(OC)[C@@H](OC(=O)CNC(=O)CCOCCOCCNc3cc4c(cc3F)c(=O)c(C(=O)O)cn4C3CC3)[C@H](C)O2)[C@H](C)[C@@H](O[C@@H]2O[C@H](C)C[C@H](N(C)C)[C@H]2O)[C@](C)(O)C[C@@H](C)CN(C)[C@H](C)[C@@H]2OC(=O)O[C@]12C. The highest BCUT2D eigenvalue weighted by Gasteiger charge is 2.59. The predicted octanol–water partition coefficient (Wildman–Crippen LogP) is 4.77. The van der Waals surface area contributed by atoms with E-state index in [1.807, 2.05) is 58.6 Å². The van der Waals surface area contributed by atoms with Crippen LogP contribution in [0.25, 0.3) is 10.9 Å². The molecule has 87 heavy (non-hydrogen) atoms.